The van der Waals surface area contributed by atoms with E-state index in [0.717, 1.165) is 22.2 Å². The van der Waals surface area contributed by atoms with Crippen molar-refractivity contribution in [1.29, 1.82) is 0 Å². The van der Waals surface area contributed by atoms with E-state index in [1.54, 1.807) is 18.3 Å². The molecule has 3 aromatic rings. The Morgan fingerprint density at radius 3 is 2.68 bits per heavy atom. The normalized spacial score (nSPS) is 15.4. The average Bonchev–Trinajstić information content (AvgIpc) is 3.17. The molecule has 0 aliphatic carbocycles. The average molecular weight is 399 g/mol. The van der Waals surface area contributed by atoms with Crippen molar-refractivity contribution < 1.29 is 17.9 Å². The van der Waals surface area contributed by atoms with Gasteiger partial charge in [0, 0.05) is 42.5 Å². The molecule has 3 heterocycles. The van der Waals surface area contributed by atoms with Crippen LogP contribution in [0, 0.1) is 0 Å². The number of hydrogen-bond acceptors (Lipinski definition) is 5. The van der Waals surface area contributed by atoms with Crippen molar-refractivity contribution in [2.45, 2.75) is 11.3 Å². The van der Waals surface area contributed by atoms with Gasteiger partial charge in [0.05, 0.1) is 19.1 Å². The highest BCUT2D eigenvalue weighted by molar-refractivity contribution is 7.89. The molecule has 0 saturated heterocycles. The lowest BCUT2D eigenvalue weighted by Crippen LogP contribution is -2.34. The monoisotopic (exact) mass is 399 g/mol. The highest BCUT2D eigenvalue weighted by Crippen LogP contribution is 2.33. The first-order valence-electron chi connectivity index (χ1n) is 8.88. The molecule has 0 amide bonds. The molecule has 0 spiro atoms. The fourth-order valence-electron chi connectivity index (χ4n) is 3.46. The molecule has 0 fully saturated rings. The Balaban J connectivity index is 1.60. The van der Waals surface area contributed by atoms with E-state index in [1.807, 2.05) is 24.4 Å². The van der Waals surface area contributed by atoms with Gasteiger partial charge in [0.15, 0.2) is 11.5 Å². The number of nitrogens with zero attached hydrogens (tertiary/aromatic N) is 2. The lowest BCUT2D eigenvalue weighted by Gasteiger charge is -2.26. The van der Waals surface area contributed by atoms with Gasteiger partial charge in [-0.05, 0) is 36.3 Å². The zero-order valence-electron chi connectivity index (χ0n) is 15.7. The van der Waals surface area contributed by atoms with Crippen LogP contribution < -0.4 is 9.47 Å². The molecule has 0 atom stereocenters. The van der Waals surface area contributed by atoms with Crippen molar-refractivity contribution in [1.82, 2.24) is 14.3 Å². The second-order valence-corrected chi connectivity index (χ2v) is 8.40. The van der Waals surface area contributed by atoms with Gasteiger partial charge in [-0.25, -0.2) is 13.4 Å². The smallest absolute Gasteiger partial charge is 0.243 e. The largest absolute Gasteiger partial charge is 0.493 e. The topological polar surface area (TPSA) is 84.5 Å². The van der Waals surface area contributed by atoms with Crippen LogP contribution in [0.4, 0.5) is 0 Å². The van der Waals surface area contributed by atoms with Crippen molar-refractivity contribution in [3.63, 3.8) is 0 Å². The van der Waals surface area contributed by atoms with Crippen LogP contribution >= 0.6 is 0 Å². The van der Waals surface area contributed by atoms with Gasteiger partial charge in [0.25, 0.3) is 0 Å². The van der Waals surface area contributed by atoms with Crippen molar-refractivity contribution >= 4 is 26.6 Å². The van der Waals surface area contributed by atoms with E-state index >= 15 is 0 Å². The van der Waals surface area contributed by atoms with Gasteiger partial charge in [0.1, 0.15) is 5.65 Å². The molecule has 1 aliphatic heterocycles. The highest BCUT2D eigenvalue weighted by Gasteiger charge is 2.28. The summed E-state index contributed by atoms with van der Waals surface area (Å²) in [6.07, 6.45) is 6.28. The number of ether oxygens (including phenoxy) is 2. The molecule has 146 valence electrons. The third kappa shape index (κ3) is 3.14. The van der Waals surface area contributed by atoms with E-state index in [1.165, 1.54) is 24.6 Å². The molecule has 0 unspecified atom stereocenters. The number of aromatic amines is 1. The maximum atomic E-state index is 13.0. The van der Waals surface area contributed by atoms with Gasteiger partial charge in [-0.2, -0.15) is 4.31 Å². The number of fused-ring (bicyclic) bond motifs is 1. The van der Waals surface area contributed by atoms with E-state index < -0.39 is 10.0 Å². The lowest BCUT2D eigenvalue weighted by molar-refractivity contribution is 0.353. The van der Waals surface area contributed by atoms with Crippen LogP contribution in [0.25, 0.3) is 16.6 Å². The Morgan fingerprint density at radius 1 is 1.14 bits per heavy atom. The van der Waals surface area contributed by atoms with Gasteiger partial charge in [0.2, 0.25) is 10.0 Å². The van der Waals surface area contributed by atoms with E-state index in [0.29, 0.717) is 31.0 Å². The van der Waals surface area contributed by atoms with E-state index in [9.17, 15) is 8.42 Å². The molecule has 28 heavy (non-hydrogen) atoms. The van der Waals surface area contributed by atoms with Crippen LogP contribution in [0.3, 0.4) is 0 Å². The van der Waals surface area contributed by atoms with Crippen LogP contribution in [0.5, 0.6) is 11.5 Å². The minimum Gasteiger partial charge on any atom is -0.493 e. The Labute approximate surface area is 163 Å². The van der Waals surface area contributed by atoms with Crippen LogP contribution in [0.15, 0.2) is 53.7 Å². The Kier molecular flexibility index (Phi) is 4.82. The lowest BCUT2D eigenvalue weighted by atomic mass is 10.0. The van der Waals surface area contributed by atoms with Crippen LogP contribution in [0.1, 0.15) is 12.0 Å². The molecular formula is C20H21N3O4S. The summed E-state index contributed by atoms with van der Waals surface area (Å²) in [6.45, 7) is 0.731. The molecule has 1 N–H and O–H groups in total. The number of pyridine rings is 1. The summed E-state index contributed by atoms with van der Waals surface area (Å²) in [5, 5.41) is 1.05. The first-order chi connectivity index (χ1) is 13.5. The van der Waals surface area contributed by atoms with Crippen molar-refractivity contribution in [2.24, 2.45) is 0 Å². The molecular weight excluding hydrogens is 378 g/mol. The van der Waals surface area contributed by atoms with Crippen molar-refractivity contribution in [3.8, 4) is 11.5 Å². The second-order valence-electron chi connectivity index (χ2n) is 6.46. The standard InChI is InChI=1S/C20H21N3O4S/c1-26-18-6-5-15(12-19(18)27-2)28(24,25)23-10-7-14(8-11-23)17-13-22-20-16(17)4-3-9-21-20/h3-7,9,12-13H,8,10-11H2,1-2H3,(H,21,22). The molecule has 1 aromatic carbocycles. The molecule has 0 bridgehead atoms. The summed E-state index contributed by atoms with van der Waals surface area (Å²) in [5.74, 6) is 0.887. The first-order valence-corrected chi connectivity index (χ1v) is 10.3. The maximum absolute atomic E-state index is 13.0. The first kappa shape index (κ1) is 18.5. The predicted octanol–water partition coefficient (Wildman–Crippen LogP) is 3.06. The van der Waals surface area contributed by atoms with Gasteiger partial charge in [-0.15, -0.1) is 0 Å². The fraction of sp³-hybridized carbons (Fsp3) is 0.250. The third-order valence-electron chi connectivity index (χ3n) is 4.96. The number of methoxy groups -OCH3 is 2. The minimum atomic E-state index is -3.62. The van der Waals surface area contributed by atoms with Crippen LogP contribution in [0.2, 0.25) is 0 Å². The van der Waals surface area contributed by atoms with Gasteiger partial charge in [-0.1, -0.05) is 6.08 Å². The number of benzene rings is 1. The molecule has 2 aromatic heterocycles. The Bertz CT molecular complexity index is 1150. The summed E-state index contributed by atoms with van der Waals surface area (Å²) in [7, 11) is -0.618. The number of rotatable bonds is 5. The van der Waals surface area contributed by atoms with Crippen LogP contribution in [-0.2, 0) is 10.0 Å². The summed E-state index contributed by atoms with van der Waals surface area (Å²) >= 11 is 0. The fourth-order valence-corrected chi connectivity index (χ4v) is 4.86. The van der Waals surface area contributed by atoms with Crippen molar-refractivity contribution in [2.75, 3.05) is 27.3 Å². The maximum Gasteiger partial charge on any atom is 0.243 e. The van der Waals surface area contributed by atoms with Gasteiger partial charge >= 0.3 is 0 Å². The SMILES string of the molecule is COc1ccc(S(=O)(=O)N2CC=C(c3c[nH]c4ncccc34)CC2)cc1OC. The molecule has 8 heteroatoms. The minimum absolute atomic E-state index is 0.193. The van der Waals surface area contributed by atoms with Crippen molar-refractivity contribution in [3.05, 3.63) is 54.4 Å². The molecule has 7 nitrogen and oxygen atoms in total. The zero-order chi connectivity index (χ0) is 19.7. The molecule has 4 rings (SSSR count). The number of aromatic nitrogens is 2. The molecule has 1 aliphatic rings. The molecule has 0 radical (unpaired) electrons. The summed E-state index contributed by atoms with van der Waals surface area (Å²) in [5.41, 5.74) is 3.03. The van der Waals surface area contributed by atoms with Gasteiger partial charge < -0.3 is 14.5 Å². The van der Waals surface area contributed by atoms with Crippen LogP contribution in [-0.4, -0.2) is 50.0 Å². The highest BCUT2D eigenvalue weighted by atomic mass is 32.2. The van der Waals surface area contributed by atoms with E-state index in [2.05, 4.69) is 9.97 Å². The third-order valence-corrected chi connectivity index (χ3v) is 6.82. The molecule has 0 saturated carbocycles. The number of H-pyrrole nitrogens is 1. The number of hydrogen-bond donors (Lipinski definition) is 1. The van der Waals surface area contributed by atoms with E-state index in [4.69, 9.17) is 9.47 Å². The predicted molar refractivity (Wildman–Crippen MR) is 107 cm³/mol. The number of nitrogens with one attached hydrogen (secondary N) is 1. The summed E-state index contributed by atoms with van der Waals surface area (Å²) in [4.78, 5) is 7.67. The quantitative estimate of drug-likeness (QED) is 0.713. The Morgan fingerprint density at radius 2 is 1.96 bits per heavy atom. The number of sulfonamides is 1. The Hall–Kier alpha value is -2.84. The van der Waals surface area contributed by atoms with E-state index in [-0.39, 0.29) is 4.90 Å². The van der Waals surface area contributed by atoms with Gasteiger partial charge in [-0.3, -0.25) is 0 Å². The zero-order valence-corrected chi connectivity index (χ0v) is 16.5. The summed E-state index contributed by atoms with van der Waals surface area (Å²) in [6, 6.07) is 8.56. The summed E-state index contributed by atoms with van der Waals surface area (Å²) < 4.78 is 38.0. The second kappa shape index (κ2) is 7.29.